The number of phenols is 1. The maximum absolute atomic E-state index is 12.9. The number of aromatic hydroxyl groups is 1. The van der Waals surface area contributed by atoms with E-state index in [1.807, 2.05) is 36.6 Å². The Kier molecular flexibility index (Phi) is 10.0. The number of hydrogen-bond donors (Lipinski definition) is 5. The number of rotatable bonds is 12. The predicted molar refractivity (Wildman–Crippen MR) is 124 cm³/mol. The third kappa shape index (κ3) is 8.24. The van der Waals surface area contributed by atoms with Crippen LogP contribution >= 0.6 is 11.8 Å². The van der Waals surface area contributed by atoms with Crippen molar-refractivity contribution < 1.29 is 24.6 Å². The Morgan fingerprint density at radius 3 is 2.09 bits per heavy atom. The van der Waals surface area contributed by atoms with E-state index < -0.39 is 35.9 Å². The predicted octanol–water partition coefficient (Wildman–Crippen LogP) is 1.31. The fraction of sp³-hybridized carbons (Fsp3) is 0.348. The van der Waals surface area contributed by atoms with Gasteiger partial charge in [-0.1, -0.05) is 42.5 Å². The number of nitrogens with one attached hydrogen (secondary N) is 2. The van der Waals surface area contributed by atoms with Gasteiger partial charge < -0.3 is 26.6 Å². The van der Waals surface area contributed by atoms with E-state index in [1.54, 1.807) is 12.1 Å². The Bertz CT molecular complexity index is 892. The molecule has 0 spiro atoms. The van der Waals surface area contributed by atoms with Crippen molar-refractivity contribution in [3.8, 4) is 5.75 Å². The number of hydrogen-bond acceptors (Lipinski definition) is 6. The van der Waals surface area contributed by atoms with Crippen LogP contribution in [0, 0.1) is 0 Å². The minimum absolute atomic E-state index is 0.112. The lowest BCUT2D eigenvalue weighted by atomic mass is 10.0. The number of nitrogens with two attached hydrogens (primary N) is 1. The Hall–Kier alpha value is -3.04. The topological polar surface area (TPSA) is 142 Å². The molecule has 9 heteroatoms. The molecule has 6 N–H and O–H groups in total. The highest BCUT2D eigenvalue weighted by Gasteiger charge is 2.28. The zero-order valence-electron chi connectivity index (χ0n) is 17.9. The lowest BCUT2D eigenvalue weighted by molar-refractivity contribution is -0.142. The fourth-order valence-electron chi connectivity index (χ4n) is 3.08. The van der Waals surface area contributed by atoms with Crippen LogP contribution in [0.15, 0.2) is 54.6 Å². The molecule has 2 aromatic rings. The quantitative estimate of drug-likeness (QED) is 0.322. The van der Waals surface area contributed by atoms with E-state index in [2.05, 4.69) is 10.6 Å². The summed E-state index contributed by atoms with van der Waals surface area (Å²) < 4.78 is 0. The molecule has 0 aliphatic rings. The van der Waals surface area contributed by atoms with Crippen LogP contribution in [0.25, 0.3) is 0 Å². The second kappa shape index (κ2) is 12.7. The molecule has 0 aromatic heterocycles. The van der Waals surface area contributed by atoms with Gasteiger partial charge in [0.15, 0.2) is 0 Å². The summed E-state index contributed by atoms with van der Waals surface area (Å²) in [7, 11) is 0. The third-order valence-corrected chi connectivity index (χ3v) is 5.51. The molecule has 0 bridgehead atoms. The number of thioether (sulfide) groups is 1. The van der Waals surface area contributed by atoms with E-state index in [0.717, 1.165) is 11.1 Å². The Morgan fingerprint density at radius 2 is 1.50 bits per heavy atom. The average Bonchev–Trinajstić information content (AvgIpc) is 2.78. The number of aliphatic carboxylic acids is 1. The third-order valence-electron chi connectivity index (χ3n) is 4.87. The van der Waals surface area contributed by atoms with Crippen molar-refractivity contribution in [1.82, 2.24) is 10.6 Å². The highest BCUT2D eigenvalue weighted by Crippen LogP contribution is 2.11. The van der Waals surface area contributed by atoms with Gasteiger partial charge in [-0.05, 0) is 48.1 Å². The first-order valence-electron chi connectivity index (χ1n) is 10.2. The molecular formula is C23H29N3O5S. The molecule has 0 aliphatic carbocycles. The van der Waals surface area contributed by atoms with Crippen LogP contribution < -0.4 is 16.4 Å². The van der Waals surface area contributed by atoms with Gasteiger partial charge in [0.2, 0.25) is 11.8 Å². The summed E-state index contributed by atoms with van der Waals surface area (Å²) in [4.78, 5) is 37.2. The van der Waals surface area contributed by atoms with Crippen molar-refractivity contribution in [3.63, 3.8) is 0 Å². The maximum Gasteiger partial charge on any atom is 0.326 e. The Labute approximate surface area is 191 Å². The molecule has 0 heterocycles. The molecule has 2 amide bonds. The van der Waals surface area contributed by atoms with Crippen LogP contribution in [0.1, 0.15) is 17.5 Å². The zero-order valence-corrected chi connectivity index (χ0v) is 18.7. The second-order valence-corrected chi connectivity index (χ2v) is 8.39. The second-order valence-electron chi connectivity index (χ2n) is 7.41. The lowest BCUT2D eigenvalue weighted by Gasteiger charge is -2.23. The summed E-state index contributed by atoms with van der Waals surface area (Å²) in [6.45, 7) is 0. The van der Waals surface area contributed by atoms with Crippen LogP contribution in [-0.2, 0) is 27.2 Å². The molecule has 0 aliphatic heterocycles. The van der Waals surface area contributed by atoms with Crippen molar-refractivity contribution in [2.24, 2.45) is 5.73 Å². The summed E-state index contributed by atoms with van der Waals surface area (Å²) in [5.41, 5.74) is 7.62. The first-order valence-corrected chi connectivity index (χ1v) is 11.6. The number of benzene rings is 2. The summed E-state index contributed by atoms with van der Waals surface area (Å²) in [5, 5.41) is 24.0. The van der Waals surface area contributed by atoms with E-state index in [1.165, 1.54) is 23.9 Å². The van der Waals surface area contributed by atoms with Gasteiger partial charge in [-0.15, -0.1) is 0 Å². The largest absolute Gasteiger partial charge is 0.508 e. The molecule has 0 saturated carbocycles. The van der Waals surface area contributed by atoms with E-state index in [9.17, 15) is 24.6 Å². The minimum atomic E-state index is -1.12. The monoisotopic (exact) mass is 459 g/mol. The first-order chi connectivity index (χ1) is 15.3. The SMILES string of the molecule is CSCC[C@H](NC(=O)[C@H](Cc1ccccc1)NC(=O)[C@@H](N)Cc1ccc(O)cc1)C(=O)O. The number of carboxylic acids is 1. The molecular weight excluding hydrogens is 430 g/mol. The van der Waals surface area contributed by atoms with Crippen LogP contribution in [0.3, 0.4) is 0 Å². The van der Waals surface area contributed by atoms with E-state index in [-0.39, 0.29) is 25.0 Å². The minimum Gasteiger partial charge on any atom is -0.508 e. The van der Waals surface area contributed by atoms with Crippen LogP contribution in [0.2, 0.25) is 0 Å². The zero-order chi connectivity index (χ0) is 23.5. The molecule has 2 aromatic carbocycles. The number of phenolic OH excluding ortho intramolecular Hbond substituents is 1. The highest BCUT2D eigenvalue weighted by atomic mass is 32.2. The van der Waals surface area contributed by atoms with E-state index >= 15 is 0 Å². The summed E-state index contributed by atoms with van der Waals surface area (Å²) >= 11 is 1.49. The number of amides is 2. The van der Waals surface area contributed by atoms with Gasteiger partial charge in [0, 0.05) is 6.42 Å². The summed E-state index contributed by atoms with van der Waals surface area (Å²) in [5.74, 6) is -1.54. The number of carbonyl (C=O) groups excluding carboxylic acids is 2. The Balaban J connectivity index is 2.10. The van der Waals surface area contributed by atoms with Crippen LogP contribution in [0.5, 0.6) is 5.75 Å². The lowest BCUT2D eigenvalue weighted by Crippen LogP contribution is -2.55. The highest BCUT2D eigenvalue weighted by molar-refractivity contribution is 7.98. The van der Waals surface area contributed by atoms with Gasteiger partial charge in [0.25, 0.3) is 0 Å². The van der Waals surface area contributed by atoms with Crippen molar-refractivity contribution >= 4 is 29.5 Å². The molecule has 0 saturated heterocycles. The fourth-order valence-corrected chi connectivity index (χ4v) is 3.55. The average molecular weight is 460 g/mol. The van der Waals surface area contributed by atoms with E-state index in [0.29, 0.717) is 5.75 Å². The van der Waals surface area contributed by atoms with Crippen molar-refractivity contribution in [2.45, 2.75) is 37.4 Å². The van der Waals surface area contributed by atoms with Gasteiger partial charge in [-0.25, -0.2) is 4.79 Å². The van der Waals surface area contributed by atoms with Gasteiger partial charge in [0.05, 0.1) is 6.04 Å². The molecule has 8 nitrogen and oxygen atoms in total. The number of carboxylic acid groups (broad SMARTS) is 1. The number of carbonyl (C=O) groups is 3. The molecule has 0 radical (unpaired) electrons. The molecule has 32 heavy (non-hydrogen) atoms. The molecule has 3 atom stereocenters. The van der Waals surface area contributed by atoms with Crippen LogP contribution in [-0.4, -0.2) is 58.1 Å². The smallest absolute Gasteiger partial charge is 0.326 e. The molecule has 0 fully saturated rings. The van der Waals surface area contributed by atoms with Crippen molar-refractivity contribution in [3.05, 3.63) is 65.7 Å². The van der Waals surface area contributed by atoms with Crippen molar-refractivity contribution in [2.75, 3.05) is 12.0 Å². The summed E-state index contributed by atoms with van der Waals surface area (Å²) in [6.07, 6.45) is 2.54. The maximum atomic E-state index is 12.9. The Morgan fingerprint density at radius 1 is 0.906 bits per heavy atom. The van der Waals surface area contributed by atoms with Gasteiger partial charge >= 0.3 is 5.97 Å². The molecule has 0 unspecified atom stereocenters. The van der Waals surface area contributed by atoms with Crippen molar-refractivity contribution in [1.29, 1.82) is 0 Å². The molecule has 2 rings (SSSR count). The van der Waals surface area contributed by atoms with Gasteiger partial charge in [-0.3, -0.25) is 9.59 Å². The van der Waals surface area contributed by atoms with Gasteiger partial charge in [-0.2, -0.15) is 11.8 Å². The van der Waals surface area contributed by atoms with Gasteiger partial charge in [0.1, 0.15) is 17.8 Å². The molecule has 172 valence electrons. The van der Waals surface area contributed by atoms with Crippen LogP contribution in [0.4, 0.5) is 0 Å². The standard InChI is InChI=1S/C23H29N3O5S/c1-32-12-11-19(23(30)31)25-22(29)20(14-15-5-3-2-4-6-15)26-21(28)18(24)13-16-7-9-17(27)10-8-16/h2-10,18-20,27H,11-14,24H2,1H3,(H,25,29)(H,26,28)(H,30,31)/t18-,19-,20-/m0/s1. The first kappa shape index (κ1) is 25.2. The normalized spacial score (nSPS) is 13.6. The summed E-state index contributed by atoms with van der Waals surface area (Å²) in [6, 6.07) is 12.5. The van der Waals surface area contributed by atoms with E-state index in [4.69, 9.17) is 5.73 Å².